The van der Waals surface area contributed by atoms with E-state index in [0.29, 0.717) is 28.8 Å². The van der Waals surface area contributed by atoms with Gasteiger partial charge in [0.25, 0.3) is 0 Å². The second-order valence-electron chi connectivity index (χ2n) is 10.0. The topological polar surface area (TPSA) is 34.1 Å². The van der Waals surface area contributed by atoms with Crippen molar-refractivity contribution in [3.05, 3.63) is 0 Å². The molecule has 0 unspecified atom stereocenters. The quantitative estimate of drug-likeness (QED) is 0.662. The van der Waals surface area contributed by atoms with Crippen molar-refractivity contribution in [2.24, 2.45) is 40.4 Å². The Labute approximate surface area is 147 Å². The van der Waals surface area contributed by atoms with E-state index in [1.807, 2.05) is 6.92 Å². The number of hydrogen-bond donors (Lipinski definition) is 0. The van der Waals surface area contributed by atoms with Gasteiger partial charge in [0, 0.05) is 18.8 Å². The van der Waals surface area contributed by atoms with E-state index in [0.717, 1.165) is 43.4 Å². The van der Waals surface area contributed by atoms with E-state index in [4.69, 9.17) is 0 Å². The van der Waals surface area contributed by atoms with Gasteiger partial charge in [0.2, 0.25) is 0 Å². The van der Waals surface area contributed by atoms with Gasteiger partial charge >= 0.3 is 0 Å². The van der Waals surface area contributed by atoms with E-state index in [9.17, 15) is 9.59 Å². The highest BCUT2D eigenvalue weighted by Gasteiger charge is 2.59. The van der Waals surface area contributed by atoms with Gasteiger partial charge in [-0.2, -0.15) is 0 Å². The van der Waals surface area contributed by atoms with Crippen LogP contribution in [0.3, 0.4) is 0 Å². The molecule has 4 rings (SSSR count). The van der Waals surface area contributed by atoms with E-state index in [-0.39, 0.29) is 5.41 Å². The Morgan fingerprint density at radius 3 is 2.46 bits per heavy atom. The van der Waals surface area contributed by atoms with Gasteiger partial charge in [0.15, 0.2) is 0 Å². The number of Topliss-reactive ketones (excluding diaryl/α,β-unsaturated/α-hetero) is 2. The molecule has 0 spiro atoms. The van der Waals surface area contributed by atoms with Crippen molar-refractivity contribution in [1.29, 1.82) is 0 Å². The molecule has 0 aromatic heterocycles. The third kappa shape index (κ3) is 2.27. The lowest BCUT2D eigenvalue weighted by molar-refractivity contribution is -0.158. The standard InChI is InChI=1S/C22H34O2/c1-14(23)18-5-4-6-19-17-8-7-15-13-16(24)9-11-21(15,2)20(17)10-12-22(18,19)3/h15,17-20H,4-13H2,1-3H3/t15-,17-,18+,19-,20-,21-,22+/m0/s1. The Kier molecular flexibility index (Phi) is 3.97. The van der Waals surface area contributed by atoms with Crippen molar-refractivity contribution < 1.29 is 9.59 Å². The molecule has 0 heterocycles. The number of rotatable bonds is 1. The van der Waals surface area contributed by atoms with Crippen LogP contribution in [0.15, 0.2) is 0 Å². The third-order valence-corrected chi connectivity index (χ3v) is 9.21. The first-order valence-corrected chi connectivity index (χ1v) is 10.4. The van der Waals surface area contributed by atoms with Crippen LogP contribution in [-0.4, -0.2) is 11.6 Å². The van der Waals surface area contributed by atoms with Gasteiger partial charge in [-0.1, -0.05) is 20.3 Å². The largest absolute Gasteiger partial charge is 0.300 e. The van der Waals surface area contributed by atoms with Crippen molar-refractivity contribution in [1.82, 2.24) is 0 Å². The van der Waals surface area contributed by atoms with Crippen LogP contribution in [0.25, 0.3) is 0 Å². The summed E-state index contributed by atoms with van der Waals surface area (Å²) in [7, 11) is 0. The first-order chi connectivity index (χ1) is 11.4. The first-order valence-electron chi connectivity index (χ1n) is 10.4. The number of carbonyl (C=O) groups excluding carboxylic acids is 2. The Bertz CT molecular complexity index is 552. The fraction of sp³-hybridized carbons (Fsp3) is 0.909. The molecular weight excluding hydrogens is 296 g/mol. The molecule has 0 aliphatic heterocycles. The molecular formula is C22H34O2. The molecule has 0 radical (unpaired) electrons. The summed E-state index contributed by atoms with van der Waals surface area (Å²) in [4.78, 5) is 24.3. The normalized spacial score (nSPS) is 51.3. The van der Waals surface area contributed by atoms with Crippen LogP contribution >= 0.6 is 0 Å². The highest BCUT2D eigenvalue weighted by atomic mass is 16.1. The maximum Gasteiger partial charge on any atom is 0.133 e. The summed E-state index contributed by atoms with van der Waals surface area (Å²) < 4.78 is 0. The Morgan fingerprint density at radius 2 is 1.71 bits per heavy atom. The van der Waals surface area contributed by atoms with Crippen LogP contribution in [0.2, 0.25) is 0 Å². The summed E-state index contributed by atoms with van der Waals surface area (Å²) >= 11 is 0. The number of hydrogen-bond acceptors (Lipinski definition) is 2. The van der Waals surface area contributed by atoms with Gasteiger partial charge in [0.1, 0.15) is 11.6 Å². The van der Waals surface area contributed by atoms with E-state index >= 15 is 0 Å². The van der Waals surface area contributed by atoms with Crippen LogP contribution < -0.4 is 0 Å². The van der Waals surface area contributed by atoms with Gasteiger partial charge in [-0.15, -0.1) is 0 Å². The molecule has 0 aromatic carbocycles. The highest BCUT2D eigenvalue weighted by Crippen LogP contribution is 2.66. The maximum atomic E-state index is 12.3. The minimum atomic E-state index is 0.249. The molecule has 2 nitrogen and oxygen atoms in total. The van der Waals surface area contributed by atoms with Crippen LogP contribution in [0.1, 0.15) is 85.0 Å². The average molecular weight is 331 g/mol. The molecule has 134 valence electrons. The fourth-order valence-corrected chi connectivity index (χ4v) is 7.91. The SMILES string of the molecule is CC(=O)[C@H]1CCC[C@H]2[C@@H]3CC[C@H]4CC(=O)CC[C@]4(C)[C@H]3CC[C@]12C. The van der Waals surface area contributed by atoms with Crippen LogP contribution in [-0.2, 0) is 9.59 Å². The lowest BCUT2D eigenvalue weighted by atomic mass is 9.41. The Hall–Kier alpha value is -0.660. The van der Waals surface area contributed by atoms with Gasteiger partial charge in [-0.3, -0.25) is 9.59 Å². The summed E-state index contributed by atoms with van der Waals surface area (Å²) in [5.74, 6) is 4.23. The van der Waals surface area contributed by atoms with Crippen molar-refractivity contribution in [2.45, 2.75) is 85.0 Å². The van der Waals surface area contributed by atoms with Crippen LogP contribution in [0, 0.1) is 40.4 Å². The molecule has 4 saturated carbocycles. The summed E-state index contributed by atoms with van der Waals surface area (Å²) in [6.45, 7) is 6.78. The summed E-state index contributed by atoms with van der Waals surface area (Å²) in [5.41, 5.74) is 0.639. The lowest BCUT2D eigenvalue weighted by Gasteiger charge is -2.63. The molecule has 0 saturated heterocycles. The highest BCUT2D eigenvalue weighted by molar-refractivity contribution is 5.80. The van der Waals surface area contributed by atoms with E-state index in [1.165, 1.54) is 38.5 Å². The molecule has 4 aliphatic carbocycles. The zero-order chi connectivity index (χ0) is 17.1. The molecule has 0 aromatic rings. The third-order valence-electron chi connectivity index (χ3n) is 9.21. The molecule has 2 heteroatoms. The van der Waals surface area contributed by atoms with Gasteiger partial charge in [-0.25, -0.2) is 0 Å². The molecule has 0 N–H and O–H groups in total. The molecule has 7 atom stereocenters. The summed E-state index contributed by atoms with van der Waals surface area (Å²) in [6, 6.07) is 0. The Balaban J connectivity index is 1.64. The number of ketones is 2. The monoisotopic (exact) mass is 330 g/mol. The first kappa shape index (κ1) is 16.8. The van der Waals surface area contributed by atoms with Gasteiger partial charge < -0.3 is 0 Å². The van der Waals surface area contributed by atoms with E-state index < -0.39 is 0 Å². The number of fused-ring (bicyclic) bond motifs is 5. The Morgan fingerprint density at radius 1 is 0.958 bits per heavy atom. The van der Waals surface area contributed by atoms with Crippen molar-refractivity contribution in [2.75, 3.05) is 0 Å². The fourth-order valence-electron chi connectivity index (χ4n) is 7.91. The molecule has 0 amide bonds. The van der Waals surface area contributed by atoms with Gasteiger partial charge in [0.05, 0.1) is 0 Å². The minimum Gasteiger partial charge on any atom is -0.300 e. The van der Waals surface area contributed by atoms with Crippen molar-refractivity contribution in [3.8, 4) is 0 Å². The van der Waals surface area contributed by atoms with Crippen LogP contribution in [0.4, 0.5) is 0 Å². The van der Waals surface area contributed by atoms with E-state index in [2.05, 4.69) is 13.8 Å². The predicted molar refractivity (Wildman–Crippen MR) is 95.5 cm³/mol. The zero-order valence-electron chi connectivity index (χ0n) is 15.8. The molecule has 24 heavy (non-hydrogen) atoms. The lowest BCUT2D eigenvalue weighted by Crippen LogP contribution is -2.56. The second kappa shape index (κ2) is 5.68. The summed E-state index contributed by atoms with van der Waals surface area (Å²) in [6.07, 6.45) is 11.6. The zero-order valence-corrected chi connectivity index (χ0v) is 15.8. The minimum absolute atomic E-state index is 0.249. The molecule has 4 aliphatic rings. The summed E-state index contributed by atoms with van der Waals surface area (Å²) in [5, 5.41) is 0. The average Bonchev–Trinajstić information content (AvgIpc) is 2.54. The maximum absolute atomic E-state index is 12.3. The number of carbonyl (C=O) groups is 2. The van der Waals surface area contributed by atoms with Crippen molar-refractivity contribution >= 4 is 11.6 Å². The van der Waals surface area contributed by atoms with Gasteiger partial charge in [-0.05, 0) is 86.4 Å². The second-order valence-corrected chi connectivity index (χ2v) is 10.0. The smallest absolute Gasteiger partial charge is 0.133 e. The predicted octanol–water partition coefficient (Wildman–Crippen LogP) is 5.19. The van der Waals surface area contributed by atoms with Crippen LogP contribution in [0.5, 0.6) is 0 Å². The van der Waals surface area contributed by atoms with E-state index in [1.54, 1.807) is 0 Å². The molecule has 4 fully saturated rings. The van der Waals surface area contributed by atoms with Crippen molar-refractivity contribution in [3.63, 3.8) is 0 Å². The molecule has 0 bridgehead atoms.